The van der Waals surface area contributed by atoms with Gasteiger partial charge in [-0.15, -0.1) is 0 Å². The molecule has 82 valence electrons. The van der Waals surface area contributed by atoms with Crippen LogP contribution in [0.5, 0.6) is 0 Å². The minimum atomic E-state index is -0.286. The van der Waals surface area contributed by atoms with Crippen LogP contribution in [-0.2, 0) is 9.53 Å². The maximum absolute atomic E-state index is 11.9. The highest BCUT2D eigenvalue weighted by Crippen LogP contribution is 2.06. The van der Waals surface area contributed by atoms with Crippen molar-refractivity contribution in [1.29, 1.82) is 0 Å². The largest absolute Gasteiger partial charge is 0.366 e. The van der Waals surface area contributed by atoms with Gasteiger partial charge in [0, 0.05) is 25.7 Å². The van der Waals surface area contributed by atoms with Gasteiger partial charge < -0.3 is 15.0 Å². The average molecular weight is 200 g/mol. The number of nitrogens with one attached hydrogen (secondary N) is 1. The van der Waals surface area contributed by atoms with Gasteiger partial charge in [-0.05, 0) is 20.8 Å². The summed E-state index contributed by atoms with van der Waals surface area (Å²) in [4.78, 5) is 13.8. The molecule has 1 atom stereocenters. The molecule has 1 aliphatic heterocycles. The molecule has 0 spiro atoms. The number of morpholine rings is 1. The summed E-state index contributed by atoms with van der Waals surface area (Å²) in [6.07, 6.45) is -0.286. The van der Waals surface area contributed by atoms with E-state index in [0.29, 0.717) is 13.2 Å². The first-order valence-electron chi connectivity index (χ1n) is 5.29. The van der Waals surface area contributed by atoms with Crippen LogP contribution in [-0.4, -0.2) is 49.2 Å². The lowest BCUT2D eigenvalue weighted by atomic mass is 10.2. The van der Waals surface area contributed by atoms with Crippen LogP contribution in [0.2, 0.25) is 0 Å². The third kappa shape index (κ3) is 2.69. The Kier molecular flexibility index (Phi) is 4.35. The van der Waals surface area contributed by atoms with Crippen LogP contribution in [0.4, 0.5) is 0 Å². The van der Waals surface area contributed by atoms with E-state index in [1.54, 1.807) is 0 Å². The molecule has 1 aliphatic rings. The maximum Gasteiger partial charge on any atom is 0.253 e. The number of hydrogen-bond acceptors (Lipinski definition) is 3. The number of likely N-dealkylation sites (N-methyl/N-ethyl adjacent to an activating group) is 1. The quantitative estimate of drug-likeness (QED) is 0.709. The molecule has 1 unspecified atom stereocenters. The van der Waals surface area contributed by atoms with Crippen molar-refractivity contribution in [1.82, 2.24) is 10.2 Å². The van der Waals surface area contributed by atoms with Gasteiger partial charge >= 0.3 is 0 Å². The Morgan fingerprint density at radius 1 is 1.64 bits per heavy atom. The number of carbonyl (C=O) groups is 1. The predicted molar refractivity (Wildman–Crippen MR) is 55.1 cm³/mol. The first-order chi connectivity index (χ1) is 6.66. The van der Waals surface area contributed by atoms with Crippen molar-refractivity contribution in [2.75, 3.05) is 26.2 Å². The molecule has 1 heterocycles. The lowest BCUT2D eigenvalue weighted by molar-refractivity contribution is -0.146. The van der Waals surface area contributed by atoms with Gasteiger partial charge in [-0.25, -0.2) is 0 Å². The van der Waals surface area contributed by atoms with E-state index < -0.39 is 0 Å². The van der Waals surface area contributed by atoms with Crippen molar-refractivity contribution in [3.05, 3.63) is 0 Å². The summed E-state index contributed by atoms with van der Waals surface area (Å²) in [6, 6.07) is 0.248. The summed E-state index contributed by atoms with van der Waals surface area (Å²) in [5.74, 6) is 0.106. The van der Waals surface area contributed by atoms with E-state index in [4.69, 9.17) is 4.74 Å². The third-order valence-electron chi connectivity index (χ3n) is 2.45. The first kappa shape index (κ1) is 11.5. The van der Waals surface area contributed by atoms with E-state index in [1.165, 1.54) is 0 Å². The zero-order chi connectivity index (χ0) is 10.6. The zero-order valence-electron chi connectivity index (χ0n) is 9.25. The second-order valence-corrected chi connectivity index (χ2v) is 3.78. The molecule has 0 aromatic heterocycles. The van der Waals surface area contributed by atoms with Gasteiger partial charge in [-0.1, -0.05) is 0 Å². The fraction of sp³-hybridized carbons (Fsp3) is 0.900. The normalized spacial score (nSPS) is 22.4. The molecule has 1 rings (SSSR count). The van der Waals surface area contributed by atoms with Crippen LogP contribution in [0.1, 0.15) is 20.8 Å². The van der Waals surface area contributed by atoms with Gasteiger partial charge in [-0.3, -0.25) is 4.79 Å². The van der Waals surface area contributed by atoms with E-state index in [-0.39, 0.29) is 18.1 Å². The summed E-state index contributed by atoms with van der Waals surface area (Å²) in [5, 5.41) is 3.16. The number of nitrogens with zero attached hydrogens (tertiary/aromatic N) is 1. The SMILES string of the molecule is CCN(C(=O)C1CNCCO1)C(C)C. The highest BCUT2D eigenvalue weighted by atomic mass is 16.5. The van der Waals surface area contributed by atoms with Gasteiger partial charge in [0.05, 0.1) is 6.61 Å². The van der Waals surface area contributed by atoms with E-state index in [1.807, 2.05) is 25.7 Å². The average Bonchev–Trinajstić information content (AvgIpc) is 2.19. The lowest BCUT2D eigenvalue weighted by Crippen LogP contribution is -2.51. The zero-order valence-corrected chi connectivity index (χ0v) is 9.25. The molecule has 4 nitrogen and oxygen atoms in total. The summed E-state index contributed by atoms with van der Waals surface area (Å²) in [5.41, 5.74) is 0. The molecule has 1 amide bonds. The number of carbonyl (C=O) groups excluding carboxylic acids is 1. The van der Waals surface area contributed by atoms with Crippen molar-refractivity contribution in [2.24, 2.45) is 0 Å². The molecule has 0 saturated carbocycles. The summed E-state index contributed by atoms with van der Waals surface area (Å²) in [7, 11) is 0. The van der Waals surface area contributed by atoms with Gasteiger partial charge in [0.15, 0.2) is 0 Å². The Bertz CT molecular complexity index is 189. The molecule has 1 fully saturated rings. The van der Waals surface area contributed by atoms with Crippen molar-refractivity contribution in [2.45, 2.75) is 32.9 Å². The van der Waals surface area contributed by atoms with Gasteiger partial charge in [0.1, 0.15) is 6.10 Å². The minimum Gasteiger partial charge on any atom is -0.366 e. The second-order valence-electron chi connectivity index (χ2n) is 3.78. The summed E-state index contributed by atoms with van der Waals surface area (Å²) < 4.78 is 5.42. The molecule has 1 N–H and O–H groups in total. The van der Waals surface area contributed by atoms with Crippen LogP contribution < -0.4 is 5.32 Å². The van der Waals surface area contributed by atoms with Crippen molar-refractivity contribution in [3.63, 3.8) is 0 Å². The molecule has 1 saturated heterocycles. The molecule has 0 bridgehead atoms. The van der Waals surface area contributed by atoms with E-state index in [0.717, 1.165) is 13.1 Å². The first-order valence-corrected chi connectivity index (χ1v) is 5.29. The number of ether oxygens (including phenoxy) is 1. The summed E-state index contributed by atoms with van der Waals surface area (Å²) >= 11 is 0. The molecular formula is C10H20N2O2. The molecular weight excluding hydrogens is 180 g/mol. The van der Waals surface area contributed by atoms with Gasteiger partial charge in [-0.2, -0.15) is 0 Å². The van der Waals surface area contributed by atoms with Crippen LogP contribution in [0.25, 0.3) is 0 Å². The van der Waals surface area contributed by atoms with Crippen molar-refractivity contribution < 1.29 is 9.53 Å². The topological polar surface area (TPSA) is 41.6 Å². The van der Waals surface area contributed by atoms with Gasteiger partial charge in [0.2, 0.25) is 0 Å². The Morgan fingerprint density at radius 3 is 2.79 bits per heavy atom. The Labute approximate surface area is 85.6 Å². The van der Waals surface area contributed by atoms with Gasteiger partial charge in [0.25, 0.3) is 5.91 Å². The Hall–Kier alpha value is -0.610. The number of rotatable bonds is 3. The van der Waals surface area contributed by atoms with Crippen molar-refractivity contribution in [3.8, 4) is 0 Å². The van der Waals surface area contributed by atoms with E-state index in [2.05, 4.69) is 5.32 Å². The third-order valence-corrected chi connectivity index (χ3v) is 2.45. The van der Waals surface area contributed by atoms with Crippen LogP contribution in [0.15, 0.2) is 0 Å². The van der Waals surface area contributed by atoms with Crippen LogP contribution in [0.3, 0.4) is 0 Å². The van der Waals surface area contributed by atoms with E-state index >= 15 is 0 Å². The molecule has 0 aromatic rings. The summed E-state index contributed by atoms with van der Waals surface area (Å²) in [6.45, 7) is 8.91. The molecule has 0 aromatic carbocycles. The fourth-order valence-electron chi connectivity index (χ4n) is 1.68. The highest BCUT2D eigenvalue weighted by molar-refractivity contribution is 5.81. The lowest BCUT2D eigenvalue weighted by Gasteiger charge is -2.31. The van der Waals surface area contributed by atoms with Crippen molar-refractivity contribution >= 4 is 5.91 Å². The Balaban J connectivity index is 2.52. The predicted octanol–water partition coefficient (Wildman–Crippen LogP) is 0.232. The maximum atomic E-state index is 11.9. The van der Waals surface area contributed by atoms with E-state index in [9.17, 15) is 4.79 Å². The molecule has 14 heavy (non-hydrogen) atoms. The number of hydrogen-bond donors (Lipinski definition) is 1. The van der Waals surface area contributed by atoms with Crippen LogP contribution >= 0.6 is 0 Å². The van der Waals surface area contributed by atoms with Crippen LogP contribution in [0, 0.1) is 0 Å². The molecule has 0 aliphatic carbocycles. The standard InChI is InChI=1S/C10H20N2O2/c1-4-12(8(2)3)10(13)9-7-11-5-6-14-9/h8-9,11H,4-7H2,1-3H3. The second kappa shape index (κ2) is 5.32. The fourth-order valence-corrected chi connectivity index (χ4v) is 1.68. The molecule has 0 radical (unpaired) electrons. The smallest absolute Gasteiger partial charge is 0.253 e. The Morgan fingerprint density at radius 2 is 2.36 bits per heavy atom. The number of amides is 1. The molecule has 4 heteroatoms. The monoisotopic (exact) mass is 200 g/mol. The highest BCUT2D eigenvalue weighted by Gasteiger charge is 2.27. The minimum absolute atomic E-state index is 0.106.